The predicted molar refractivity (Wildman–Crippen MR) is 30.7 cm³/mol. The highest BCUT2D eigenvalue weighted by Crippen LogP contribution is 2.44. The molecular weight excluding hydrogens is 100 g/mol. The summed E-state index contributed by atoms with van der Waals surface area (Å²) < 4.78 is 5.06. The van der Waals surface area contributed by atoms with Crippen LogP contribution >= 0.6 is 0 Å². The van der Waals surface area contributed by atoms with Gasteiger partial charge in [-0.2, -0.15) is 0 Å². The predicted octanol–water partition coefficient (Wildman–Crippen LogP) is 1.91. The van der Waals surface area contributed by atoms with E-state index in [1.165, 1.54) is 5.56 Å². The number of furan rings is 1. The molecule has 0 aliphatic heterocycles. The molecule has 0 radical (unpaired) electrons. The fraction of sp³-hybridized carbons (Fsp3) is 0.143. The molecule has 0 amide bonds. The van der Waals surface area contributed by atoms with Crippen LogP contribution in [0, 0.1) is 0 Å². The summed E-state index contributed by atoms with van der Waals surface area (Å²) in [6, 6.07) is 1.99. The van der Waals surface area contributed by atoms with Gasteiger partial charge >= 0.3 is 0 Å². The molecule has 0 bridgehead atoms. The largest absolute Gasteiger partial charge is 0.468 e. The van der Waals surface area contributed by atoms with Crippen molar-refractivity contribution in [3.05, 3.63) is 36.3 Å². The van der Waals surface area contributed by atoms with Crippen LogP contribution in [0.25, 0.3) is 0 Å². The van der Waals surface area contributed by atoms with Gasteiger partial charge in [0.2, 0.25) is 0 Å². The van der Waals surface area contributed by atoms with Crippen molar-refractivity contribution in [3.63, 3.8) is 0 Å². The lowest BCUT2D eigenvalue weighted by Gasteiger charge is -1.77. The summed E-state index contributed by atoms with van der Waals surface area (Å²) in [5, 5.41) is 0. The summed E-state index contributed by atoms with van der Waals surface area (Å²) in [7, 11) is 0. The molecule has 1 aliphatic carbocycles. The first-order valence-corrected chi connectivity index (χ1v) is 2.63. The SMILES string of the molecule is C=CC1c2ccoc21. The van der Waals surface area contributed by atoms with Crippen molar-refractivity contribution >= 4 is 0 Å². The fourth-order valence-corrected chi connectivity index (χ4v) is 0.977. The van der Waals surface area contributed by atoms with E-state index in [0.717, 1.165) is 5.76 Å². The monoisotopic (exact) mass is 106 g/mol. The van der Waals surface area contributed by atoms with Crippen molar-refractivity contribution in [2.24, 2.45) is 0 Å². The number of allylic oxidation sites excluding steroid dienone is 1. The minimum Gasteiger partial charge on any atom is -0.468 e. The summed E-state index contributed by atoms with van der Waals surface area (Å²) in [5.41, 5.74) is 1.31. The fourth-order valence-electron chi connectivity index (χ4n) is 0.977. The van der Waals surface area contributed by atoms with Crippen molar-refractivity contribution < 1.29 is 4.42 Å². The van der Waals surface area contributed by atoms with E-state index in [1.807, 2.05) is 12.1 Å². The van der Waals surface area contributed by atoms with Gasteiger partial charge in [0.1, 0.15) is 5.76 Å². The number of hydrogen-bond donors (Lipinski definition) is 0. The highest BCUT2D eigenvalue weighted by molar-refractivity contribution is 5.49. The second-order valence-electron chi connectivity index (χ2n) is 1.95. The van der Waals surface area contributed by atoms with Gasteiger partial charge < -0.3 is 4.42 Å². The van der Waals surface area contributed by atoms with Crippen molar-refractivity contribution in [1.29, 1.82) is 0 Å². The molecular formula is C7H6O. The van der Waals surface area contributed by atoms with E-state index < -0.39 is 0 Å². The zero-order chi connectivity index (χ0) is 5.56. The second kappa shape index (κ2) is 1.05. The minimum atomic E-state index is 0.458. The van der Waals surface area contributed by atoms with E-state index in [-0.39, 0.29) is 0 Å². The molecule has 0 spiro atoms. The van der Waals surface area contributed by atoms with Gasteiger partial charge in [-0.25, -0.2) is 0 Å². The first kappa shape index (κ1) is 3.96. The third-order valence-corrected chi connectivity index (χ3v) is 1.50. The van der Waals surface area contributed by atoms with Crippen molar-refractivity contribution in [1.82, 2.24) is 0 Å². The third-order valence-electron chi connectivity index (χ3n) is 1.50. The lowest BCUT2D eigenvalue weighted by Crippen LogP contribution is -1.61. The quantitative estimate of drug-likeness (QED) is 0.498. The Morgan fingerprint density at radius 3 is 3.00 bits per heavy atom. The van der Waals surface area contributed by atoms with Gasteiger partial charge in [-0.3, -0.25) is 0 Å². The van der Waals surface area contributed by atoms with Crippen molar-refractivity contribution in [3.8, 4) is 0 Å². The number of hydrogen-bond acceptors (Lipinski definition) is 1. The molecule has 1 aromatic rings. The van der Waals surface area contributed by atoms with Gasteiger partial charge in [0, 0.05) is 5.56 Å². The molecule has 0 N–H and O–H groups in total. The summed E-state index contributed by atoms with van der Waals surface area (Å²) >= 11 is 0. The molecule has 1 heteroatoms. The molecule has 1 unspecified atom stereocenters. The standard InChI is InChI=1S/C7H6O/c1-2-5-6-3-4-8-7(5)6/h2-5H,1H2. The maximum atomic E-state index is 5.06. The Morgan fingerprint density at radius 2 is 2.62 bits per heavy atom. The Bertz CT molecular complexity index is 204. The van der Waals surface area contributed by atoms with Crippen LogP contribution < -0.4 is 0 Å². The highest BCUT2D eigenvalue weighted by Gasteiger charge is 2.33. The van der Waals surface area contributed by atoms with E-state index in [1.54, 1.807) is 6.26 Å². The van der Waals surface area contributed by atoms with E-state index >= 15 is 0 Å². The van der Waals surface area contributed by atoms with Crippen LogP contribution in [0.3, 0.4) is 0 Å². The van der Waals surface area contributed by atoms with Crippen molar-refractivity contribution in [2.45, 2.75) is 5.92 Å². The van der Waals surface area contributed by atoms with Crippen molar-refractivity contribution in [2.75, 3.05) is 0 Å². The molecule has 1 aromatic heterocycles. The molecule has 1 heterocycles. The van der Waals surface area contributed by atoms with E-state index in [9.17, 15) is 0 Å². The topological polar surface area (TPSA) is 13.1 Å². The normalized spacial score (nSPS) is 22.2. The lowest BCUT2D eigenvalue weighted by molar-refractivity contribution is 0.541. The maximum Gasteiger partial charge on any atom is 0.119 e. The summed E-state index contributed by atoms with van der Waals surface area (Å²) in [6.07, 6.45) is 3.61. The Labute approximate surface area is 47.6 Å². The zero-order valence-electron chi connectivity index (χ0n) is 4.42. The molecule has 8 heavy (non-hydrogen) atoms. The number of fused-ring (bicyclic) bond motifs is 1. The smallest absolute Gasteiger partial charge is 0.119 e. The average molecular weight is 106 g/mol. The second-order valence-corrected chi connectivity index (χ2v) is 1.95. The number of rotatable bonds is 1. The third kappa shape index (κ3) is 0.280. The first-order chi connectivity index (χ1) is 3.93. The summed E-state index contributed by atoms with van der Waals surface area (Å²) in [5.74, 6) is 1.56. The van der Waals surface area contributed by atoms with Gasteiger partial charge in [0.25, 0.3) is 0 Å². The van der Waals surface area contributed by atoms with E-state index in [2.05, 4.69) is 6.58 Å². The molecule has 2 rings (SSSR count). The van der Waals surface area contributed by atoms with Crippen LogP contribution in [0.5, 0.6) is 0 Å². The maximum absolute atomic E-state index is 5.06. The lowest BCUT2D eigenvalue weighted by atomic mass is 10.3. The molecule has 1 aliphatic rings. The molecule has 0 aromatic carbocycles. The molecule has 40 valence electrons. The summed E-state index contributed by atoms with van der Waals surface area (Å²) in [6.45, 7) is 3.65. The molecule has 0 fully saturated rings. The van der Waals surface area contributed by atoms with Crippen LogP contribution in [0.4, 0.5) is 0 Å². The molecule has 0 saturated carbocycles. The van der Waals surface area contributed by atoms with Crippen LogP contribution in [0.1, 0.15) is 17.2 Å². The first-order valence-electron chi connectivity index (χ1n) is 2.63. The molecule has 1 nitrogen and oxygen atoms in total. The average Bonchev–Trinajstić information content (AvgIpc) is 2.22. The van der Waals surface area contributed by atoms with Gasteiger partial charge in [-0.15, -0.1) is 6.58 Å². The molecule has 0 saturated heterocycles. The summed E-state index contributed by atoms with van der Waals surface area (Å²) in [4.78, 5) is 0. The van der Waals surface area contributed by atoms with Gasteiger partial charge in [0.05, 0.1) is 12.2 Å². The Kier molecular flexibility index (Phi) is 0.519. The Hall–Kier alpha value is -0.980. The Morgan fingerprint density at radius 1 is 1.75 bits per heavy atom. The van der Waals surface area contributed by atoms with Crippen LogP contribution in [0.15, 0.2) is 29.4 Å². The molecule has 1 atom stereocenters. The van der Waals surface area contributed by atoms with Gasteiger partial charge in [0.15, 0.2) is 0 Å². The van der Waals surface area contributed by atoms with E-state index in [0.29, 0.717) is 5.92 Å². The van der Waals surface area contributed by atoms with Crippen LogP contribution in [0.2, 0.25) is 0 Å². The highest BCUT2D eigenvalue weighted by atomic mass is 16.3. The van der Waals surface area contributed by atoms with Crippen LogP contribution in [-0.4, -0.2) is 0 Å². The van der Waals surface area contributed by atoms with Gasteiger partial charge in [-0.1, -0.05) is 6.08 Å². The zero-order valence-corrected chi connectivity index (χ0v) is 4.42. The van der Waals surface area contributed by atoms with Gasteiger partial charge in [-0.05, 0) is 6.07 Å². The minimum absolute atomic E-state index is 0.458. The van der Waals surface area contributed by atoms with E-state index in [4.69, 9.17) is 4.42 Å². The Balaban J connectivity index is 2.42. The van der Waals surface area contributed by atoms with Crippen LogP contribution in [-0.2, 0) is 0 Å².